The molecule has 0 amide bonds. The molecular formula is C12H16BrNO2. The maximum Gasteiger partial charge on any atom is 0.169 e. The fraction of sp³-hybridized carbons (Fsp3) is 0.667. The Kier molecular flexibility index (Phi) is 2.81. The van der Waals surface area contributed by atoms with Crippen LogP contribution in [0.2, 0.25) is 0 Å². The van der Waals surface area contributed by atoms with Crippen LogP contribution in [0.25, 0.3) is 0 Å². The summed E-state index contributed by atoms with van der Waals surface area (Å²) in [6.45, 7) is 0.883. The number of fused-ring (bicyclic) bond motifs is 2. The molecule has 3 heterocycles. The Morgan fingerprint density at radius 1 is 1.31 bits per heavy atom. The average molecular weight is 286 g/mol. The fourth-order valence-electron chi connectivity index (χ4n) is 3.12. The van der Waals surface area contributed by atoms with Crippen molar-refractivity contribution in [1.29, 1.82) is 0 Å². The van der Waals surface area contributed by atoms with Crippen molar-refractivity contribution in [2.24, 2.45) is 0 Å². The van der Waals surface area contributed by atoms with Crippen LogP contribution >= 0.6 is 15.9 Å². The largest absolute Gasteiger partial charge is 0.453 e. The predicted octanol–water partition coefficient (Wildman–Crippen LogP) is 2.53. The second-order valence-electron chi connectivity index (χ2n) is 4.89. The van der Waals surface area contributed by atoms with Crippen LogP contribution in [0.3, 0.4) is 0 Å². The van der Waals surface area contributed by atoms with Gasteiger partial charge in [0, 0.05) is 12.1 Å². The van der Waals surface area contributed by atoms with Crippen LogP contribution in [0.15, 0.2) is 21.2 Å². The number of aliphatic hydroxyl groups is 1. The minimum Gasteiger partial charge on any atom is -0.453 e. The molecule has 2 fully saturated rings. The number of hydrogen-bond acceptors (Lipinski definition) is 3. The molecule has 2 aliphatic heterocycles. The first-order valence-corrected chi connectivity index (χ1v) is 6.69. The smallest absolute Gasteiger partial charge is 0.169 e. The van der Waals surface area contributed by atoms with Crippen LogP contribution in [0.4, 0.5) is 0 Å². The van der Waals surface area contributed by atoms with Crippen molar-refractivity contribution in [2.45, 2.75) is 50.4 Å². The van der Waals surface area contributed by atoms with Gasteiger partial charge in [-0.05, 0) is 53.7 Å². The SMILES string of the molecule is OC1CC2CCC(C1)N2Cc1ccc(Br)o1. The average Bonchev–Trinajstić information content (AvgIpc) is 2.72. The third-order valence-electron chi connectivity index (χ3n) is 3.83. The fourth-order valence-corrected chi connectivity index (χ4v) is 3.46. The lowest BCUT2D eigenvalue weighted by Gasteiger charge is -2.36. The van der Waals surface area contributed by atoms with Crippen molar-refractivity contribution in [1.82, 2.24) is 4.90 Å². The van der Waals surface area contributed by atoms with Crippen molar-refractivity contribution >= 4 is 15.9 Å². The second-order valence-corrected chi connectivity index (χ2v) is 5.67. The van der Waals surface area contributed by atoms with Gasteiger partial charge in [0.05, 0.1) is 12.6 Å². The predicted molar refractivity (Wildman–Crippen MR) is 64.0 cm³/mol. The molecule has 4 heteroatoms. The number of rotatable bonds is 2. The van der Waals surface area contributed by atoms with E-state index < -0.39 is 0 Å². The Bertz CT molecular complexity index is 365. The topological polar surface area (TPSA) is 36.6 Å². The highest BCUT2D eigenvalue weighted by molar-refractivity contribution is 9.10. The van der Waals surface area contributed by atoms with Crippen LogP contribution in [0.1, 0.15) is 31.4 Å². The first-order valence-electron chi connectivity index (χ1n) is 5.90. The van der Waals surface area contributed by atoms with Crippen LogP contribution in [-0.2, 0) is 6.54 Å². The van der Waals surface area contributed by atoms with E-state index in [-0.39, 0.29) is 6.10 Å². The van der Waals surface area contributed by atoms with Gasteiger partial charge in [-0.3, -0.25) is 4.90 Å². The first kappa shape index (κ1) is 10.8. The zero-order valence-corrected chi connectivity index (χ0v) is 10.7. The molecule has 88 valence electrons. The number of hydrogen-bond donors (Lipinski definition) is 1. The molecule has 1 aromatic rings. The molecule has 3 nitrogen and oxygen atoms in total. The molecule has 2 bridgehead atoms. The van der Waals surface area contributed by atoms with Gasteiger partial charge in [0.2, 0.25) is 0 Å². The quantitative estimate of drug-likeness (QED) is 0.907. The normalized spacial score (nSPS) is 34.5. The molecule has 0 spiro atoms. The summed E-state index contributed by atoms with van der Waals surface area (Å²) < 4.78 is 6.35. The summed E-state index contributed by atoms with van der Waals surface area (Å²) in [5.74, 6) is 1.01. The van der Waals surface area contributed by atoms with Gasteiger partial charge in [0.25, 0.3) is 0 Å². The number of piperidine rings is 1. The lowest BCUT2D eigenvalue weighted by Crippen LogP contribution is -2.43. The van der Waals surface area contributed by atoms with Crippen molar-refractivity contribution < 1.29 is 9.52 Å². The monoisotopic (exact) mass is 285 g/mol. The molecule has 2 atom stereocenters. The van der Waals surface area contributed by atoms with E-state index in [0.29, 0.717) is 12.1 Å². The second kappa shape index (κ2) is 4.17. The summed E-state index contributed by atoms with van der Waals surface area (Å²) >= 11 is 3.33. The lowest BCUT2D eigenvalue weighted by atomic mass is 10.00. The van der Waals surface area contributed by atoms with E-state index in [9.17, 15) is 5.11 Å². The van der Waals surface area contributed by atoms with Crippen molar-refractivity contribution in [3.63, 3.8) is 0 Å². The van der Waals surface area contributed by atoms with E-state index >= 15 is 0 Å². The molecule has 0 aliphatic carbocycles. The Balaban J connectivity index is 1.72. The van der Waals surface area contributed by atoms with E-state index in [4.69, 9.17) is 4.42 Å². The lowest BCUT2D eigenvalue weighted by molar-refractivity contribution is 0.0274. The number of nitrogens with zero attached hydrogens (tertiary/aromatic N) is 1. The van der Waals surface area contributed by atoms with Gasteiger partial charge in [-0.1, -0.05) is 0 Å². The Labute approximate surface area is 104 Å². The van der Waals surface area contributed by atoms with Gasteiger partial charge in [-0.15, -0.1) is 0 Å². The number of furan rings is 1. The van der Waals surface area contributed by atoms with E-state index in [1.807, 2.05) is 12.1 Å². The molecule has 3 rings (SSSR count). The van der Waals surface area contributed by atoms with Gasteiger partial charge in [-0.25, -0.2) is 0 Å². The molecule has 1 aromatic heterocycles. The molecule has 0 saturated carbocycles. The molecule has 0 aromatic carbocycles. The summed E-state index contributed by atoms with van der Waals surface area (Å²) in [5, 5.41) is 9.72. The van der Waals surface area contributed by atoms with Crippen LogP contribution in [0, 0.1) is 0 Å². The Hall–Kier alpha value is -0.320. The van der Waals surface area contributed by atoms with E-state index in [0.717, 1.165) is 29.8 Å². The van der Waals surface area contributed by atoms with Crippen LogP contribution in [0.5, 0.6) is 0 Å². The van der Waals surface area contributed by atoms with Gasteiger partial charge in [-0.2, -0.15) is 0 Å². The van der Waals surface area contributed by atoms with E-state index in [1.165, 1.54) is 12.8 Å². The van der Waals surface area contributed by atoms with Crippen molar-refractivity contribution in [3.05, 3.63) is 22.6 Å². The number of aliphatic hydroxyl groups excluding tert-OH is 1. The van der Waals surface area contributed by atoms with Crippen molar-refractivity contribution in [2.75, 3.05) is 0 Å². The zero-order valence-electron chi connectivity index (χ0n) is 9.10. The standard InChI is InChI=1S/C12H16BrNO2/c13-12-4-3-11(16-12)7-14-8-1-2-9(14)6-10(15)5-8/h3-4,8-10,15H,1-2,5-7H2. The molecular weight excluding hydrogens is 270 g/mol. The number of halogens is 1. The summed E-state index contributed by atoms with van der Waals surface area (Å²) in [4.78, 5) is 2.50. The van der Waals surface area contributed by atoms with Crippen molar-refractivity contribution in [3.8, 4) is 0 Å². The molecule has 0 radical (unpaired) electrons. The van der Waals surface area contributed by atoms with Gasteiger partial charge < -0.3 is 9.52 Å². The highest BCUT2D eigenvalue weighted by Crippen LogP contribution is 2.37. The third kappa shape index (κ3) is 1.94. The third-order valence-corrected chi connectivity index (χ3v) is 4.25. The molecule has 1 N–H and O–H groups in total. The maximum atomic E-state index is 9.72. The first-order chi connectivity index (χ1) is 7.72. The minimum absolute atomic E-state index is 0.0860. The van der Waals surface area contributed by atoms with Gasteiger partial charge in [0.15, 0.2) is 4.67 Å². The summed E-state index contributed by atoms with van der Waals surface area (Å²) in [6.07, 6.45) is 4.22. The van der Waals surface area contributed by atoms with Gasteiger partial charge >= 0.3 is 0 Å². The molecule has 2 aliphatic rings. The minimum atomic E-state index is -0.0860. The maximum absolute atomic E-state index is 9.72. The molecule has 2 saturated heterocycles. The highest BCUT2D eigenvalue weighted by Gasteiger charge is 2.40. The summed E-state index contributed by atoms with van der Waals surface area (Å²) in [7, 11) is 0. The Morgan fingerprint density at radius 2 is 2.00 bits per heavy atom. The van der Waals surface area contributed by atoms with Crippen LogP contribution in [-0.4, -0.2) is 28.2 Å². The van der Waals surface area contributed by atoms with E-state index in [1.54, 1.807) is 0 Å². The van der Waals surface area contributed by atoms with E-state index in [2.05, 4.69) is 20.8 Å². The molecule has 16 heavy (non-hydrogen) atoms. The Morgan fingerprint density at radius 3 is 2.56 bits per heavy atom. The zero-order chi connectivity index (χ0) is 11.1. The molecule has 2 unspecified atom stereocenters. The highest BCUT2D eigenvalue weighted by atomic mass is 79.9. The van der Waals surface area contributed by atoms with Crippen LogP contribution < -0.4 is 0 Å². The van der Waals surface area contributed by atoms with Gasteiger partial charge in [0.1, 0.15) is 5.76 Å². The summed E-state index contributed by atoms with van der Waals surface area (Å²) in [6, 6.07) is 5.07. The summed E-state index contributed by atoms with van der Waals surface area (Å²) in [5.41, 5.74) is 0.